The Bertz CT molecular complexity index is 401. The molecule has 0 fully saturated rings. The van der Waals surface area contributed by atoms with Crippen LogP contribution in [0.5, 0.6) is 5.75 Å². The van der Waals surface area contributed by atoms with Crippen molar-refractivity contribution >= 4 is 5.78 Å². The summed E-state index contributed by atoms with van der Waals surface area (Å²) >= 11 is 0. The Kier molecular flexibility index (Phi) is 3.25. The van der Waals surface area contributed by atoms with E-state index in [1.807, 2.05) is 12.1 Å². The Morgan fingerprint density at radius 1 is 1.50 bits per heavy atom. The standard InChI is InChI=1S/C13H17NO2/c1-9(15)13-8-14-6-5-10-3-4-11(16-2)7-12(10)13/h3-4,7,13-14H,5-6,8H2,1-2H3. The summed E-state index contributed by atoms with van der Waals surface area (Å²) in [7, 11) is 1.65. The Morgan fingerprint density at radius 2 is 2.31 bits per heavy atom. The predicted octanol–water partition coefficient (Wildman–Crippen LogP) is 1.51. The Balaban J connectivity index is 2.44. The third-order valence-corrected chi connectivity index (χ3v) is 3.14. The van der Waals surface area contributed by atoms with Crippen LogP contribution in [-0.4, -0.2) is 26.0 Å². The average molecular weight is 219 g/mol. The van der Waals surface area contributed by atoms with Crippen LogP contribution in [0, 0.1) is 0 Å². The van der Waals surface area contributed by atoms with E-state index in [2.05, 4.69) is 11.4 Å². The maximum Gasteiger partial charge on any atom is 0.138 e. The van der Waals surface area contributed by atoms with Gasteiger partial charge in [0.25, 0.3) is 0 Å². The monoisotopic (exact) mass is 219 g/mol. The van der Waals surface area contributed by atoms with Crippen molar-refractivity contribution in [3.8, 4) is 5.75 Å². The number of ether oxygens (including phenoxy) is 1. The minimum absolute atomic E-state index is 0.0346. The van der Waals surface area contributed by atoms with Gasteiger partial charge in [-0.3, -0.25) is 4.79 Å². The summed E-state index contributed by atoms with van der Waals surface area (Å²) in [6.45, 7) is 3.32. The SMILES string of the molecule is COc1ccc2c(c1)C(C(C)=O)CNCC2. The number of methoxy groups -OCH3 is 1. The number of carbonyl (C=O) groups excluding carboxylic acids is 1. The molecule has 1 aliphatic heterocycles. The van der Waals surface area contributed by atoms with E-state index < -0.39 is 0 Å². The fraction of sp³-hybridized carbons (Fsp3) is 0.462. The van der Waals surface area contributed by atoms with E-state index in [1.54, 1.807) is 14.0 Å². The molecule has 0 saturated heterocycles. The smallest absolute Gasteiger partial charge is 0.138 e. The highest BCUT2D eigenvalue weighted by Crippen LogP contribution is 2.27. The van der Waals surface area contributed by atoms with Crippen molar-refractivity contribution in [3.63, 3.8) is 0 Å². The highest BCUT2D eigenvalue weighted by molar-refractivity contribution is 5.84. The first-order chi connectivity index (χ1) is 7.72. The van der Waals surface area contributed by atoms with Crippen LogP contribution in [0.4, 0.5) is 0 Å². The van der Waals surface area contributed by atoms with E-state index in [1.165, 1.54) is 5.56 Å². The van der Waals surface area contributed by atoms with Crippen LogP contribution in [0.1, 0.15) is 24.0 Å². The first-order valence-corrected chi connectivity index (χ1v) is 5.60. The molecule has 0 spiro atoms. The second-order valence-electron chi connectivity index (χ2n) is 4.18. The average Bonchev–Trinajstić information content (AvgIpc) is 2.49. The first-order valence-electron chi connectivity index (χ1n) is 5.60. The number of hydrogen-bond acceptors (Lipinski definition) is 3. The minimum atomic E-state index is -0.0346. The third-order valence-electron chi connectivity index (χ3n) is 3.14. The van der Waals surface area contributed by atoms with E-state index in [-0.39, 0.29) is 11.7 Å². The summed E-state index contributed by atoms with van der Waals surface area (Å²) < 4.78 is 5.22. The van der Waals surface area contributed by atoms with E-state index in [0.717, 1.165) is 30.8 Å². The van der Waals surface area contributed by atoms with E-state index >= 15 is 0 Å². The molecular weight excluding hydrogens is 202 g/mol. The molecule has 0 aromatic heterocycles. The zero-order chi connectivity index (χ0) is 11.5. The molecule has 1 N–H and O–H groups in total. The lowest BCUT2D eigenvalue weighted by molar-refractivity contribution is -0.118. The lowest BCUT2D eigenvalue weighted by atomic mass is 9.91. The number of rotatable bonds is 2. The summed E-state index contributed by atoms with van der Waals surface area (Å²) in [5.41, 5.74) is 2.38. The van der Waals surface area contributed by atoms with Gasteiger partial charge in [0, 0.05) is 6.54 Å². The van der Waals surface area contributed by atoms with Crippen molar-refractivity contribution in [1.29, 1.82) is 0 Å². The molecule has 2 rings (SSSR count). The van der Waals surface area contributed by atoms with Crippen LogP contribution < -0.4 is 10.1 Å². The topological polar surface area (TPSA) is 38.3 Å². The van der Waals surface area contributed by atoms with E-state index in [9.17, 15) is 4.79 Å². The van der Waals surface area contributed by atoms with Crippen LogP contribution in [0.3, 0.4) is 0 Å². The zero-order valence-corrected chi connectivity index (χ0v) is 9.75. The van der Waals surface area contributed by atoms with Gasteiger partial charge in [0.15, 0.2) is 0 Å². The molecule has 3 heteroatoms. The summed E-state index contributed by atoms with van der Waals surface area (Å²) in [5.74, 6) is 1.00. The third kappa shape index (κ3) is 2.09. The normalized spacial score (nSPS) is 19.8. The van der Waals surface area contributed by atoms with Crippen molar-refractivity contribution in [3.05, 3.63) is 29.3 Å². The fourth-order valence-corrected chi connectivity index (χ4v) is 2.19. The lowest BCUT2D eigenvalue weighted by Crippen LogP contribution is -2.24. The Hall–Kier alpha value is -1.35. The van der Waals surface area contributed by atoms with E-state index in [4.69, 9.17) is 4.74 Å². The molecule has 16 heavy (non-hydrogen) atoms. The minimum Gasteiger partial charge on any atom is -0.497 e. The molecule has 0 aliphatic carbocycles. The number of benzene rings is 1. The number of nitrogens with one attached hydrogen (secondary N) is 1. The van der Waals surface area contributed by atoms with Crippen LogP contribution in [-0.2, 0) is 11.2 Å². The fourth-order valence-electron chi connectivity index (χ4n) is 2.19. The quantitative estimate of drug-likeness (QED) is 0.819. The lowest BCUT2D eigenvalue weighted by Gasteiger charge is -2.15. The van der Waals surface area contributed by atoms with E-state index in [0.29, 0.717) is 0 Å². The van der Waals surface area contributed by atoms with Gasteiger partial charge in [0.05, 0.1) is 13.0 Å². The molecule has 0 radical (unpaired) electrons. The van der Waals surface area contributed by atoms with Crippen LogP contribution in [0.15, 0.2) is 18.2 Å². The van der Waals surface area contributed by atoms with Crippen molar-refractivity contribution in [1.82, 2.24) is 5.32 Å². The maximum absolute atomic E-state index is 11.6. The second kappa shape index (κ2) is 4.66. The van der Waals surface area contributed by atoms with Gasteiger partial charge >= 0.3 is 0 Å². The van der Waals surface area contributed by atoms with Crippen molar-refractivity contribution < 1.29 is 9.53 Å². The molecular formula is C13H17NO2. The van der Waals surface area contributed by atoms with Crippen molar-refractivity contribution in [2.45, 2.75) is 19.3 Å². The van der Waals surface area contributed by atoms with Gasteiger partial charge in [-0.05, 0) is 43.1 Å². The van der Waals surface area contributed by atoms with Crippen molar-refractivity contribution in [2.24, 2.45) is 0 Å². The highest BCUT2D eigenvalue weighted by atomic mass is 16.5. The predicted molar refractivity (Wildman–Crippen MR) is 63.0 cm³/mol. The molecule has 1 atom stereocenters. The van der Waals surface area contributed by atoms with Gasteiger partial charge < -0.3 is 10.1 Å². The van der Waals surface area contributed by atoms with Crippen LogP contribution in [0.2, 0.25) is 0 Å². The number of fused-ring (bicyclic) bond motifs is 1. The maximum atomic E-state index is 11.6. The summed E-state index contributed by atoms with van der Waals surface area (Å²) in [5, 5.41) is 3.30. The van der Waals surface area contributed by atoms with Gasteiger partial charge in [-0.15, -0.1) is 0 Å². The van der Waals surface area contributed by atoms with Crippen molar-refractivity contribution in [2.75, 3.05) is 20.2 Å². The number of Topliss-reactive ketones (excluding diaryl/α,β-unsaturated/α-hetero) is 1. The zero-order valence-electron chi connectivity index (χ0n) is 9.75. The molecule has 1 aromatic rings. The molecule has 0 saturated carbocycles. The molecule has 0 bridgehead atoms. The Labute approximate surface area is 95.8 Å². The summed E-state index contributed by atoms with van der Waals surface area (Å²) in [6, 6.07) is 6.02. The summed E-state index contributed by atoms with van der Waals surface area (Å²) in [4.78, 5) is 11.6. The van der Waals surface area contributed by atoms with Gasteiger partial charge in [0.2, 0.25) is 0 Å². The molecule has 1 aliphatic rings. The highest BCUT2D eigenvalue weighted by Gasteiger charge is 2.22. The second-order valence-corrected chi connectivity index (χ2v) is 4.18. The van der Waals surface area contributed by atoms with Crippen LogP contribution >= 0.6 is 0 Å². The molecule has 1 aromatic carbocycles. The number of carbonyl (C=O) groups is 1. The van der Waals surface area contributed by atoms with Gasteiger partial charge in [0.1, 0.15) is 11.5 Å². The van der Waals surface area contributed by atoms with Gasteiger partial charge in [-0.1, -0.05) is 6.07 Å². The molecule has 0 amide bonds. The molecule has 86 valence electrons. The number of hydrogen-bond donors (Lipinski definition) is 1. The number of ketones is 1. The van der Waals surface area contributed by atoms with Gasteiger partial charge in [-0.25, -0.2) is 0 Å². The largest absolute Gasteiger partial charge is 0.497 e. The van der Waals surface area contributed by atoms with Crippen LogP contribution in [0.25, 0.3) is 0 Å². The molecule has 1 unspecified atom stereocenters. The first kappa shape index (κ1) is 11.1. The van der Waals surface area contributed by atoms with Gasteiger partial charge in [-0.2, -0.15) is 0 Å². The molecule has 1 heterocycles. The molecule has 3 nitrogen and oxygen atoms in total. The Morgan fingerprint density at radius 3 is 3.00 bits per heavy atom. The summed E-state index contributed by atoms with van der Waals surface area (Å²) in [6.07, 6.45) is 0.975.